The van der Waals surface area contributed by atoms with Gasteiger partial charge in [-0.05, 0) is 12.8 Å². The van der Waals surface area contributed by atoms with Crippen molar-refractivity contribution in [2.24, 2.45) is 0 Å². The minimum Gasteiger partial charge on any atom is -0.339 e. The summed E-state index contributed by atoms with van der Waals surface area (Å²) in [5.74, 6) is 2.26. The van der Waals surface area contributed by atoms with Gasteiger partial charge < -0.3 is 14.3 Å². The average molecular weight is 310 g/mol. The fraction of sp³-hybridized carbons (Fsp3) is 0.692. The first-order valence-corrected chi connectivity index (χ1v) is 8.32. The fourth-order valence-electron chi connectivity index (χ4n) is 2.67. The Balaban J connectivity index is 1.68. The van der Waals surface area contributed by atoms with E-state index in [1.807, 2.05) is 6.92 Å². The summed E-state index contributed by atoms with van der Waals surface area (Å²) < 4.78 is 5.14. The van der Waals surface area contributed by atoms with Crippen LogP contribution in [0, 0.1) is 0 Å². The van der Waals surface area contributed by atoms with Crippen molar-refractivity contribution in [1.29, 1.82) is 0 Å². The Bertz CT molecular complexity index is 547. The number of carbonyl (C=O) groups excluding carboxylic acids is 2. The molecule has 1 aromatic rings. The molecule has 2 aliphatic heterocycles. The minimum atomic E-state index is -0.119. The third-order valence-corrected chi connectivity index (χ3v) is 4.75. The summed E-state index contributed by atoms with van der Waals surface area (Å²) in [5.41, 5.74) is 0. The highest BCUT2D eigenvalue weighted by Gasteiger charge is 2.35. The third kappa shape index (κ3) is 2.90. The molecule has 1 unspecified atom stereocenters. The number of thioether (sulfide) groups is 1. The van der Waals surface area contributed by atoms with E-state index in [-0.39, 0.29) is 24.4 Å². The molecule has 0 aromatic carbocycles. The summed E-state index contributed by atoms with van der Waals surface area (Å²) in [7, 11) is 0. The largest absolute Gasteiger partial charge is 0.339 e. The fourth-order valence-corrected chi connectivity index (χ4v) is 3.58. The molecule has 3 heterocycles. The number of amides is 2. The molecule has 7 nitrogen and oxygen atoms in total. The molecule has 2 saturated heterocycles. The second-order valence-corrected chi connectivity index (χ2v) is 6.17. The highest BCUT2D eigenvalue weighted by molar-refractivity contribution is 8.00. The molecule has 0 spiro atoms. The van der Waals surface area contributed by atoms with Crippen molar-refractivity contribution in [3.05, 3.63) is 11.7 Å². The van der Waals surface area contributed by atoms with Gasteiger partial charge in [-0.2, -0.15) is 4.98 Å². The monoisotopic (exact) mass is 310 g/mol. The predicted octanol–water partition coefficient (Wildman–Crippen LogP) is 0.828. The molecule has 0 bridgehead atoms. The lowest BCUT2D eigenvalue weighted by atomic mass is 10.2. The van der Waals surface area contributed by atoms with Crippen molar-refractivity contribution in [1.82, 2.24) is 19.9 Å². The van der Waals surface area contributed by atoms with Gasteiger partial charge >= 0.3 is 0 Å². The van der Waals surface area contributed by atoms with Crippen LogP contribution in [0.3, 0.4) is 0 Å². The maximum atomic E-state index is 12.4. The number of carbonyl (C=O) groups is 2. The van der Waals surface area contributed by atoms with Crippen molar-refractivity contribution < 1.29 is 14.1 Å². The molecule has 21 heavy (non-hydrogen) atoms. The maximum absolute atomic E-state index is 12.4. The first-order valence-electron chi connectivity index (χ1n) is 7.16. The number of aryl methyl sites for hydroxylation is 1. The van der Waals surface area contributed by atoms with Crippen molar-refractivity contribution in [2.75, 3.05) is 24.7 Å². The molecule has 0 saturated carbocycles. The number of nitrogens with zero attached hydrogens (tertiary/aromatic N) is 4. The van der Waals surface area contributed by atoms with Gasteiger partial charge in [0.15, 0.2) is 5.82 Å². The van der Waals surface area contributed by atoms with Gasteiger partial charge in [-0.15, -0.1) is 11.8 Å². The zero-order valence-electron chi connectivity index (χ0n) is 11.9. The van der Waals surface area contributed by atoms with Crippen LogP contribution < -0.4 is 0 Å². The summed E-state index contributed by atoms with van der Waals surface area (Å²) in [5, 5.41) is 3.98. The number of rotatable bonds is 4. The zero-order chi connectivity index (χ0) is 14.8. The van der Waals surface area contributed by atoms with Gasteiger partial charge in [0.05, 0.1) is 17.7 Å². The first kappa shape index (κ1) is 14.4. The maximum Gasteiger partial charge on any atom is 0.242 e. The molecular formula is C13H18N4O3S. The Kier molecular flexibility index (Phi) is 4.14. The van der Waals surface area contributed by atoms with E-state index in [1.165, 1.54) is 0 Å². The lowest BCUT2D eigenvalue weighted by Gasteiger charge is -2.24. The van der Waals surface area contributed by atoms with Crippen LogP contribution in [0.1, 0.15) is 37.5 Å². The van der Waals surface area contributed by atoms with Gasteiger partial charge in [0, 0.05) is 13.0 Å². The van der Waals surface area contributed by atoms with Crippen LogP contribution in [0.5, 0.6) is 0 Å². The SMILES string of the molecule is CCc1nc(C2CCCN2C(=O)CN2CSCC2=O)no1. The van der Waals surface area contributed by atoms with Gasteiger partial charge in [-0.25, -0.2) is 0 Å². The van der Waals surface area contributed by atoms with Crippen molar-refractivity contribution in [2.45, 2.75) is 32.2 Å². The van der Waals surface area contributed by atoms with Crippen LogP contribution in [0.15, 0.2) is 4.52 Å². The van der Waals surface area contributed by atoms with Gasteiger partial charge in [0.25, 0.3) is 0 Å². The molecule has 0 N–H and O–H groups in total. The van der Waals surface area contributed by atoms with E-state index in [2.05, 4.69) is 10.1 Å². The summed E-state index contributed by atoms with van der Waals surface area (Å²) in [6, 6.07) is -0.119. The van der Waals surface area contributed by atoms with Crippen molar-refractivity contribution in [3.8, 4) is 0 Å². The number of hydrogen-bond acceptors (Lipinski definition) is 6. The molecule has 2 fully saturated rings. The second-order valence-electron chi connectivity index (χ2n) is 5.21. The summed E-state index contributed by atoms with van der Waals surface area (Å²) in [4.78, 5) is 31.8. The molecule has 1 aromatic heterocycles. The molecular weight excluding hydrogens is 292 g/mol. The van der Waals surface area contributed by atoms with Crippen LogP contribution in [0.4, 0.5) is 0 Å². The van der Waals surface area contributed by atoms with E-state index >= 15 is 0 Å². The summed E-state index contributed by atoms with van der Waals surface area (Å²) in [6.07, 6.45) is 2.46. The molecule has 0 radical (unpaired) electrons. The highest BCUT2D eigenvalue weighted by Crippen LogP contribution is 2.30. The topological polar surface area (TPSA) is 79.5 Å². The Morgan fingerprint density at radius 1 is 1.52 bits per heavy atom. The second kappa shape index (κ2) is 6.05. The van der Waals surface area contributed by atoms with E-state index in [1.54, 1.807) is 21.6 Å². The molecule has 2 aliphatic rings. The lowest BCUT2D eigenvalue weighted by molar-refractivity contribution is -0.138. The Morgan fingerprint density at radius 3 is 3.05 bits per heavy atom. The van der Waals surface area contributed by atoms with Crippen LogP contribution in [-0.4, -0.2) is 56.5 Å². The van der Waals surface area contributed by atoms with Crippen LogP contribution in [0.25, 0.3) is 0 Å². The molecule has 2 amide bonds. The van der Waals surface area contributed by atoms with Gasteiger partial charge in [0.1, 0.15) is 6.54 Å². The Morgan fingerprint density at radius 2 is 2.38 bits per heavy atom. The van der Waals surface area contributed by atoms with E-state index < -0.39 is 0 Å². The Hall–Kier alpha value is -1.57. The molecule has 8 heteroatoms. The predicted molar refractivity (Wildman–Crippen MR) is 76.4 cm³/mol. The molecule has 3 rings (SSSR count). The van der Waals surface area contributed by atoms with Crippen LogP contribution in [0.2, 0.25) is 0 Å². The third-order valence-electron chi connectivity index (χ3n) is 3.81. The van der Waals surface area contributed by atoms with Crippen molar-refractivity contribution in [3.63, 3.8) is 0 Å². The van der Waals surface area contributed by atoms with E-state index in [9.17, 15) is 9.59 Å². The number of likely N-dealkylation sites (tertiary alicyclic amines) is 1. The van der Waals surface area contributed by atoms with Gasteiger partial charge in [-0.1, -0.05) is 12.1 Å². The highest BCUT2D eigenvalue weighted by atomic mass is 32.2. The smallest absolute Gasteiger partial charge is 0.242 e. The Labute approximate surface area is 127 Å². The van der Waals surface area contributed by atoms with Crippen LogP contribution >= 0.6 is 11.8 Å². The van der Waals surface area contributed by atoms with E-state index in [4.69, 9.17) is 4.52 Å². The molecule has 1 atom stereocenters. The quantitative estimate of drug-likeness (QED) is 0.819. The number of hydrogen-bond donors (Lipinski definition) is 0. The van der Waals surface area contributed by atoms with Crippen LogP contribution in [-0.2, 0) is 16.0 Å². The summed E-state index contributed by atoms with van der Waals surface area (Å²) in [6.45, 7) is 2.79. The molecule has 114 valence electrons. The molecule has 0 aliphatic carbocycles. The number of aromatic nitrogens is 2. The minimum absolute atomic E-state index is 0.0313. The van der Waals surface area contributed by atoms with Gasteiger partial charge in [0.2, 0.25) is 17.7 Å². The first-order chi connectivity index (χ1) is 10.2. The normalized spacial score (nSPS) is 22.3. The summed E-state index contributed by atoms with van der Waals surface area (Å²) >= 11 is 1.54. The van der Waals surface area contributed by atoms with Crippen molar-refractivity contribution >= 4 is 23.6 Å². The zero-order valence-corrected chi connectivity index (χ0v) is 12.8. The van der Waals surface area contributed by atoms with Gasteiger partial charge in [-0.3, -0.25) is 9.59 Å². The van der Waals surface area contributed by atoms with E-state index in [0.29, 0.717) is 36.3 Å². The average Bonchev–Trinajstić information content (AvgIpc) is 3.18. The lowest BCUT2D eigenvalue weighted by Crippen LogP contribution is -2.41. The standard InChI is InChI=1S/C13H18N4O3S/c1-2-10-14-13(15-20-10)9-4-3-5-17(9)11(18)6-16-8-21-7-12(16)19/h9H,2-8H2,1H3. The van der Waals surface area contributed by atoms with E-state index in [0.717, 1.165) is 12.8 Å².